The van der Waals surface area contributed by atoms with E-state index in [-0.39, 0.29) is 0 Å². The molecule has 4 nitrogen and oxygen atoms in total. The van der Waals surface area contributed by atoms with Crippen molar-refractivity contribution in [1.29, 1.82) is 0 Å². The van der Waals surface area contributed by atoms with Gasteiger partial charge < -0.3 is 0 Å². The Bertz CT molecular complexity index is 632. The quantitative estimate of drug-likeness (QED) is 0.714. The first kappa shape index (κ1) is 11.6. The van der Waals surface area contributed by atoms with Crippen LogP contribution in [0.1, 0.15) is 5.56 Å². The predicted octanol–water partition coefficient (Wildman–Crippen LogP) is 2.58. The molecule has 0 fully saturated rings. The number of pyridine rings is 1. The predicted molar refractivity (Wildman–Crippen MR) is 73.4 cm³/mol. The number of rotatable bonds is 4. The summed E-state index contributed by atoms with van der Waals surface area (Å²) in [7, 11) is 0. The molecular formula is C15H14N4. The standard InChI is InChI=1S/C15H14N4/c1-2-5-13(6-3-1)8-10-19-15(12-17-18-19)14-7-4-9-16-11-14/h1-7,9,11-12H,8,10H2. The van der Waals surface area contributed by atoms with Crippen LogP contribution in [-0.2, 0) is 13.0 Å². The van der Waals surface area contributed by atoms with Crippen molar-refractivity contribution in [2.24, 2.45) is 0 Å². The minimum Gasteiger partial charge on any atom is -0.264 e. The SMILES string of the molecule is c1ccc(CCn2nncc2-c2cccnc2)cc1. The van der Waals surface area contributed by atoms with Gasteiger partial charge >= 0.3 is 0 Å². The largest absolute Gasteiger partial charge is 0.264 e. The maximum atomic E-state index is 4.15. The molecular weight excluding hydrogens is 236 g/mol. The fraction of sp³-hybridized carbons (Fsp3) is 0.133. The van der Waals surface area contributed by atoms with E-state index in [4.69, 9.17) is 0 Å². The third-order valence-corrected chi connectivity index (χ3v) is 3.03. The third-order valence-electron chi connectivity index (χ3n) is 3.03. The Hall–Kier alpha value is -2.49. The fourth-order valence-corrected chi connectivity index (χ4v) is 2.04. The summed E-state index contributed by atoms with van der Waals surface area (Å²) in [6.07, 6.45) is 6.32. The third kappa shape index (κ3) is 2.68. The van der Waals surface area contributed by atoms with Gasteiger partial charge in [-0.15, -0.1) is 5.10 Å². The zero-order valence-corrected chi connectivity index (χ0v) is 10.5. The Morgan fingerprint density at radius 2 is 1.84 bits per heavy atom. The lowest BCUT2D eigenvalue weighted by Crippen LogP contribution is -2.05. The lowest BCUT2D eigenvalue weighted by atomic mass is 10.1. The normalized spacial score (nSPS) is 10.5. The van der Waals surface area contributed by atoms with Gasteiger partial charge in [-0.1, -0.05) is 35.5 Å². The minimum atomic E-state index is 0.814. The molecule has 2 aromatic heterocycles. The Morgan fingerprint density at radius 3 is 2.63 bits per heavy atom. The molecule has 0 N–H and O–H groups in total. The lowest BCUT2D eigenvalue weighted by molar-refractivity contribution is 0.594. The summed E-state index contributed by atoms with van der Waals surface area (Å²) in [4.78, 5) is 4.13. The summed E-state index contributed by atoms with van der Waals surface area (Å²) in [5.41, 5.74) is 3.35. The summed E-state index contributed by atoms with van der Waals surface area (Å²) in [6, 6.07) is 14.3. The van der Waals surface area contributed by atoms with Crippen molar-refractivity contribution in [3.8, 4) is 11.3 Å². The molecule has 19 heavy (non-hydrogen) atoms. The van der Waals surface area contributed by atoms with Gasteiger partial charge in [0.25, 0.3) is 0 Å². The van der Waals surface area contributed by atoms with Crippen molar-refractivity contribution in [2.75, 3.05) is 0 Å². The van der Waals surface area contributed by atoms with Crippen molar-refractivity contribution in [1.82, 2.24) is 20.0 Å². The van der Waals surface area contributed by atoms with Crippen LogP contribution in [0.15, 0.2) is 61.1 Å². The molecule has 3 rings (SSSR count). The Morgan fingerprint density at radius 1 is 0.947 bits per heavy atom. The van der Waals surface area contributed by atoms with Gasteiger partial charge in [-0.25, -0.2) is 4.68 Å². The Kier molecular flexibility index (Phi) is 3.32. The summed E-state index contributed by atoms with van der Waals surface area (Å²) in [6.45, 7) is 0.814. The average Bonchev–Trinajstić information content (AvgIpc) is 2.95. The molecule has 0 saturated carbocycles. The van der Waals surface area contributed by atoms with Crippen molar-refractivity contribution >= 4 is 0 Å². The van der Waals surface area contributed by atoms with Gasteiger partial charge in [0, 0.05) is 24.5 Å². The van der Waals surface area contributed by atoms with Crippen LogP contribution < -0.4 is 0 Å². The molecule has 0 saturated heterocycles. The maximum Gasteiger partial charge on any atom is 0.0901 e. The van der Waals surface area contributed by atoms with E-state index in [1.165, 1.54) is 5.56 Å². The van der Waals surface area contributed by atoms with Gasteiger partial charge in [0.05, 0.1) is 11.9 Å². The second-order valence-electron chi connectivity index (χ2n) is 4.32. The van der Waals surface area contributed by atoms with Crippen molar-refractivity contribution in [3.63, 3.8) is 0 Å². The molecule has 0 aliphatic carbocycles. The second kappa shape index (κ2) is 5.44. The molecule has 1 aromatic carbocycles. The van der Waals surface area contributed by atoms with Gasteiger partial charge in [-0.3, -0.25) is 4.98 Å². The lowest BCUT2D eigenvalue weighted by Gasteiger charge is -2.06. The summed E-state index contributed by atoms with van der Waals surface area (Å²) < 4.78 is 1.92. The summed E-state index contributed by atoms with van der Waals surface area (Å²) in [5, 5.41) is 8.14. The van der Waals surface area contributed by atoms with Crippen LogP contribution in [0.2, 0.25) is 0 Å². The highest BCUT2D eigenvalue weighted by atomic mass is 15.4. The monoisotopic (exact) mass is 250 g/mol. The highest BCUT2D eigenvalue weighted by Gasteiger charge is 2.06. The zero-order chi connectivity index (χ0) is 12.9. The van der Waals surface area contributed by atoms with Crippen LogP contribution in [0.3, 0.4) is 0 Å². The van der Waals surface area contributed by atoms with Crippen molar-refractivity contribution < 1.29 is 0 Å². The van der Waals surface area contributed by atoms with Crippen molar-refractivity contribution in [2.45, 2.75) is 13.0 Å². The zero-order valence-electron chi connectivity index (χ0n) is 10.5. The average molecular weight is 250 g/mol. The molecule has 4 heteroatoms. The van der Waals surface area contributed by atoms with Crippen LogP contribution >= 0.6 is 0 Å². The van der Waals surface area contributed by atoms with Crippen LogP contribution in [0.4, 0.5) is 0 Å². The Labute approximate surface area is 111 Å². The van der Waals surface area contributed by atoms with Gasteiger partial charge in [0.1, 0.15) is 0 Å². The van der Waals surface area contributed by atoms with Crippen LogP contribution in [0, 0.1) is 0 Å². The van der Waals surface area contributed by atoms with Crippen molar-refractivity contribution in [3.05, 3.63) is 66.6 Å². The molecule has 0 bridgehead atoms. The first-order valence-corrected chi connectivity index (χ1v) is 6.26. The number of hydrogen-bond donors (Lipinski definition) is 0. The molecule has 0 aliphatic heterocycles. The minimum absolute atomic E-state index is 0.814. The molecule has 0 spiro atoms. The number of aryl methyl sites for hydroxylation is 2. The smallest absolute Gasteiger partial charge is 0.0901 e. The number of aromatic nitrogens is 4. The number of nitrogens with zero attached hydrogens (tertiary/aromatic N) is 4. The highest BCUT2D eigenvalue weighted by molar-refractivity contribution is 5.56. The topological polar surface area (TPSA) is 43.6 Å². The molecule has 0 amide bonds. The van der Waals surface area contributed by atoms with Gasteiger partial charge in [-0.05, 0) is 24.1 Å². The van der Waals surface area contributed by atoms with Gasteiger partial charge in [-0.2, -0.15) is 0 Å². The molecule has 0 unspecified atom stereocenters. The Balaban J connectivity index is 1.78. The fourth-order valence-electron chi connectivity index (χ4n) is 2.04. The van der Waals surface area contributed by atoms with E-state index in [2.05, 4.69) is 39.6 Å². The van der Waals surface area contributed by atoms with E-state index in [9.17, 15) is 0 Å². The van der Waals surface area contributed by atoms with E-state index in [0.29, 0.717) is 0 Å². The van der Waals surface area contributed by atoms with Gasteiger partial charge in [0.2, 0.25) is 0 Å². The van der Waals surface area contributed by atoms with Gasteiger partial charge in [0.15, 0.2) is 0 Å². The van der Waals surface area contributed by atoms with E-state index < -0.39 is 0 Å². The molecule has 0 radical (unpaired) electrons. The molecule has 2 heterocycles. The molecule has 0 atom stereocenters. The summed E-state index contributed by atoms with van der Waals surface area (Å²) >= 11 is 0. The maximum absolute atomic E-state index is 4.15. The first-order chi connectivity index (χ1) is 9.43. The molecule has 0 aliphatic rings. The van der Waals surface area contributed by atoms with E-state index in [1.54, 1.807) is 12.4 Å². The second-order valence-corrected chi connectivity index (χ2v) is 4.32. The van der Waals surface area contributed by atoms with E-state index in [0.717, 1.165) is 24.2 Å². The van der Waals surface area contributed by atoms with Crippen LogP contribution in [0.25, 0.3) is 11.3 Å². The van der Waals surface area contributed by atoms with E-state index >= 15 is 0 Å². The molecule has 94 valence electrons. The first-order valence-electron chi connectivity index (χ1n) is 6.26. The number of hydrogen-bond acceptors (Lipinski definition) is 3. The van der Waals surface area contributed by atoms with Crippen LogP contribution in [0.5, 0.6) is 0 Å². The molecule has 3 aromatic rings. The highest BCUT2D eigenvalue weighted by Crippen LogP contribution is 2.16. The van der Waals surface area contributed by atoms with Crippen LogP contribution in [-0.4, -0.2) is 20.0 Å². The van der Waals surface area contributed by atoms with E-state index in [1.807, 2.05) is 29.1 Å². The summed E-state index contributed by atoms with van der Waals surface area (Å²) in [5.74, 6) is 0. The number of benzene rings is 1.